The fraction of sp³-hybridized carbons (Fsp3) is 0.462. The van der Waals surface area contributed by atoms with E-state index in [4.69, 9.17) is 10.4 Å². The van der Waals surface area contributed by atoms with Gasteiger partial charge in [0.05, 0.1) is 11.5 Å². The molecule has 0 saturated heterocycles. The second kappa shape index (κ2) is 4.17. The minimum Gasteiger partial charge on any atom is -0.477 e. The van der Waals surface area contributed by atoms with Gasteiger partial charge in [-0.2, -0.15) is 5.26 Å². The molecule has 1 aromatic rings. The molecule has 0 aromatic carbocycles. The van der Waals surface area contributed by atoms with Crippen LogP contribution in [0.3, 0.4) is 0 Å². The lowest BCUT2D eigenvalue weighted by atomic mass is 9.96. The molecule has 0 bridgehead atoms. The molecule has 0 radical (unpaired) electrons. The molecule has 4 nitrogen and oxygen atoms in total. The van der Waals surface area contributed by atoms with E-state index in [1.54, 1.807) is 6.20 Å². The van der Waals surface area contributed by atoms with Gasteiger partial charge in [0.1, 0.15) is 0 Å². The number of aromatic nitrogens is 1. The Kier molecular flexibility index (Phi) is 2.84. The lowest BCUT2D eigenvalue weighted by Gasteiger charge is -2.10. The largest absolute Gasteiger partial charge is 0.477 e. The van der Waals surface area contributed by atoms with Gasteiger partial charge in [-0.3, -0.25) is 0 Å². The summed E-state index contributed by atoms with van der Waals surface area (Å²) >= 11 is 0. The van der Waals surface area contributed by atoms with Gasteiger partial charge in [0.15, 0.2) is 5.69 Å². The average Bonchev–Trinajstić information content (AvgIpc) is 3.10. The van der Waals surface area contributed by atoms with Crippen LogP contribution >= 0.6 is 0 Å². The molecule has 1 N–H and O–H groups in total. The molecule has 0 aliphatic heterocycles. The highest BCUT2D eigenvalue weighted by atomic mass is 16.4. The summed E-state index contributed by atoms with van der Waals surface area (Å²) < 4.78 is 0. The molecule has 17 heavy (non-hydrogen) atoms. The number of hydrogen-bond donors (Lipinski definition) is 1. The summed E-state index contributed by atoms with van der Waals surface area (Å²) in [5.41, 5.74) is 1.32. The number of carboxylic acids is 1. The average molecular weight is 230 g/mol. The van der Waals surface area contributed by atoms with Crippen molar-refractivity contribution in [1.29, 1.82) is 5.26 Å². The zero-order valence-corrected chi connectivity index (χ0v) is 9.73. The fourth-order valence-corrected chi connectivity index (χ4v) is 2.01. The predicted molar refractivity (Wildman–Crippen MR) is 61.7 cm³/mol. The van der Waals surface area contributed by atoms with Crippen LogP contribution in [0.15, 0.2) is 12.3 Å². The molecule has 2 rings (SSSR count). The maximum atomic E-state index is 11.0. The van der Waals surface area contributed by atoms with Gasteiger partial charge in [-0.1, -0.05) is 19.4 Å². The number of nitrogens with zero attached hydrogens (tertiary/aromatic N) is 2. The maximum Gasteiger partial charge on any atom is 0.354 e. The van der Waals surface area contributed by atoms with Gasteiger partial charge in [0, 0.05) is 6.20 Å². The van der Waals surface area contributed by atoms with Crippen LogP contribution in [0.2, 0.25) is 0 Å². The Morgan fingerprint density at radius 3 is 2.82 bits per heavy atom. The number of rotatable bonds is 4. The Morgan fingerprint density at radius 2 is 2.35 bits per heavy atom. The monoisotopic (exact) mass is 230 g/mol. The molecule has 88 valence electrons. The Morgan fingerprint density at radius 1 is 1.65 bits per heavy atom. The molecule has 1 aliphatic rings. The van der Waals surface area contributed by atoms with Crippen LogP contribution in [-0.4, -0.2) is 16.1 Å². The second-order valence-electron chi connectivity index (χ2n) is 4.48. The second-order valence-corrected chi connectivity index (χ2v) is 4.48. The van der Waals surface area contributed by atoms with E-state index < -0.39 is 11.4 Å². The normalized spacial score (nSPS) is 16.2. The molecule has 1 aliphatic carbocycles. The summed E-state index contributed by atoms with van der Waals surface area (Å²) in [5, 5.41) is 18.1. The highest BCUT2D eigenvalue weighted by Crippen LogP contribution is 2.47. The first-order valence-electron chi connectivity index (χ1n) is 5.77. The van der Waals surface area contributed by atoms with E-state index in [2.05, 4.69) is 11.1 Å². The number of nitriles is 1. The summed E-state index contributed by atoms with van der Waals surface area (Å²) in [4.78, 5) is 15.0. The first-order chi connectivity index (χ1) is 8.13. The van der Waals surface area contributed by atoms with Gasteiger partial charge in [0.25, 0.3) is 0 Å². The Hall–Kier alpha value is -1.89. The summed E-state index contributed by atoms with van der Waals surface area (Å²) in [6, 6.07) is 4.14. The van der Waals surface area contributed by atoms with Crippen LogP contribution in [0.1, 0.15) is 47.8 Å². The summed E-state index contributed by atoms with van der Waals surface area (Å²) in [7, 11) is 0. The molecular formula is C13H14N2O2. The SMILES string of the molecule is CCCc1cc(C2(C#N)CC2)cnc1C(=O)O. The van der Waals surface area contributed by atoms with E-state index in [-0.39, 0.29) is 5.69 Å². The quantitative estimate of drug-likeness (QED) is 0.861. The van der Waals surface area contributed by atoms with Crippen molar-refractivity contribution < 1.29 is 9.90 Å². The third-order valence-electron chi connectivity index (χ3n) is 3.21. The lowest BCUT2D eigenvalue weighted by Crippen LogP contribution is -2.10. The number of aromatic carboxylic acids is 1. The van der Waals surface area contributed by atoms with Crippen molar-refractivity contribution >= 4 is 5.97 Å². The number of hydrogen-bond acceptors (Lipinski definition) is 3. The molecule has 0 unspecified atom stereocenters. The van der Waals surface area contributed by atoms with Gasteiger partial charge in [-0.15, -0.1) is 0 Å². The molecule has 1 saturated carbocycles. The van der Waals surface area contributed by atoms with Crippen LogP contribution in [0.25, 0.3) is 0 Å². The molecule has 1 aromatic heterocycles. The molecule has 4 heteroatoms. The summed E-state index contributed by atoms with van der Waals surface area (Å²) in [6.07, 6.45) is 4.79. The zero-order chi connectivity index (χ0) is 12.5. The Labute approximate surface area is 99.9 Å². The number of pyridine rings is 1. The van der Waals surface area contributed by atoms with E-state index in [1.807, 2.05) is 13.0 Å². The van der Waals surface area contributed by atoms with Gasteiger partial charge in [-0.25, -0.2) is 9.78 Å². The van der Waals surface area contributed by atoms with E-state index in [9.17, 15) is 4.79 Å². The number of carbonyl (C=O) groups is 1. The van der Waals surface area contributed by atoms with E-state index in [0.29, 0.717) is 6.42 Å². The van der Waals surface area contributed by atoms with Gasteiger partial charge in [0.2, 0.25) is 0 Å². The van der Waals surface area contributed by atoms with Crippen molar-refractivity contribution in [3.05, 3.63) is 29.1 Å². The van der Waals surface area contributed by atoms with Crippen LogP contribution in [-0.2, 0) is 11.8 Å². The van der Waals surface area contributed by atoms with E-state index in [1.165, 1.54) is 0 Å². The number of aryl methyl sites for hydroxylation is 1. The van der Waals surface area contributed by atoms with E-state index >= 15 is 0 Å². The third kappa shape index (κ3) is 2.01. The maximum absolute atomic E-state index is 11.0. The number of carboxylic acid groups (broad SMARTS) is 1. The zero-order valence-electron chi connectivity index (χ0n) is 9.73. The van der Waals surface area contributed by atoms with Crippen molar-refractivity contribution in [3.63, 3.8) is 0 Å². The van der Waals surface area contributed by atoms with Crippen molar-refractivity contribution in [3.8, 4) is 6.07 Å². The van der Waals surface area contributed by atoms with Crippen LogP contribution < -0.4 is 0 Å². The molecule has 1 fully saturated rings. The first-order valence-corrected chi connectivity index (χ1v) is 5.77. The molecule has 0 spiro atoms. The van der Waals surface area contributed by atoms with Gasteiger partial charge >= 0.3 is 5.97 Å². The first kappa shape index (κ1) is 11.6. The van der Waals surface area contributed by atoms with Crippen LogP contribution in [0, 0.1) is 11.3 Å². The standard InChI is InChI=1S/C13H14N2O2/c1-2-3-9-6-10(13(8-14)4-5-13)7-15-11(9)12(16)17/h6-7H,2-5H2,1H3,(H,16,17). The predicted octanol–water partition coefficient (Wildman–Crippen LogP) is 2.29. The highest BCUT2D eigenvalue weighted by Gasteiger charge is 2.45. The minimum absolute atomic E-state index is 0.115. The highest BCUT2D eigenvalue weighted by molar-refractivity contribution is 5.87. The summed E-state index contributed by atoms with van der Waals surface area (Å²) in [5.74, 6) is -0.998. The molecule has 0 atom stereocenters. The van der Waals surface area contributed by atoms with Crippen molar-refractivity contribution in [1.82, 2.24) is 4.98 Å². The minimum atomic E-state index is -0.998. The van der Waals surface area contributed by atoms with Gasteiger partial charge in [-0.05, 0) is 30.4 Å². The van der Waals surface area contributed by atoms with Crippen LogP contribution in [0.4, 0.5) is 0 Å². The summed E-state index contributed by atoms with van der Waals surface area (Å²) in [6.45, 7) is 2.00. The molecular weight excluding hydrogens is 216 g/mol. The fourth-order valence-electron chi connectivity index (χ4n) is 2.01. The third-order valence-corrected chi connectivity index (χ3v) is 3.21. The topological polar surface area (TPSA) is 74.0 Å². The van der Waals surface area contributed by atoms with Crippen molar-refractivity contribution in [2.45, 2.75) is 38.0 Å². The van der Waals surface area contributed by atoms with Crippen molar-refractivity contribution in [2.24, 2.45) is 0 Å². The lowest BCUT2D eigenvalue weighted by molar-refractivity contribution is 0.0689. The molecule has 1 heterocycles. The smallest absolute Gasteiger partial charge is 0.354 e. The van der Waals surface area contributed by atoms with Crippen molar-refractivity contribution in [2.75, 3.05) is 0 Å². The van der Waals surface area contributed by atoms with Gasteiger partial charge < -0.3 is 5.11 Å². The van der Waals surface area contributed by atoms with Crippen LogP contribution in [0.5, 0.6) is 0 Å². The Balaban J connectivity index is 2.43. The molecule has 0 amide bonds. The van der Waals surface area contributed by atoms with E-state index in [0.717, 1.165) is 30.4 Å². The Bertz CT molecular complexity index is 499.